The second kappa shape index (κ2) is 3.32. The first-order valence-corrected chi connectivity index (χ1v) is 4.74. The van der Waals surface area contributed by atoms with E-state index in [9.17, 15) is 0 Å². The number of hydrogen-bond acceptors (Lipinski definition) is 3. The van der Waals surface area contributed by atoms with E-state index < -0.39 is 0 Å². The summed E-state index contributed by atoms with van der Waals surface area (Å²) in [6, 6.07) is 0.575. The van der Waals surface area contributed by atoms with Crippen molar-refractivity contribution >= 4 is 0 Å². The molecular weight excluding hydrogens is 154 g/mol. The molecule has 70 valence electrons. The minimum atomic E-state index is 0.0928. The summed E-state index contributed by atoms with van der Waals surface area (Å²) in [5, 5.41) is 3.45. The molecule has 0 aromatic carbocycles. The summed E-state index contributed by atoms with van der Waals surface area (Å²) in [6.07, 6.45) is 2.40. The quantitative estimate of drug-likeness (QED) is 0.672. The van der Waals surface area contributed by atoms with Crippen molar-refractivity contribution in [3.05, 3.63) is 0 Å². The van der Waals surface area contributed by atoms with Crippen molar-refractivity contribution in [1.29, 1.82) is 0 Å². The van der Waals surface area contributed by atoms with E-state index >= 15 is 0 Å². The van der Waals surface area contributed by atoms with Crippen LogP contribution in [-0.4, -0.2) is 38.0 Å². The Kier molecular flexibility index (Phi) is 2.35. The summed E-state index contributed by atoms with van der Waals surface area (Å²) in [5.74, 6) is 0. The van der Waals surface area contributed by atoms with Crippen molar-refractivity contribution in [2.24, 2.45) is 0 Å². The van der Waals surface area contributed by atoms with Gasteiger partial charge in [-0.05, 0) is 19.8 Å². The molecular formula is C9H17NO2. The van der Waals surface area contributed by atoms with Gasteiger partial charge >= 0.3 is 0 Å². The van der Waals surface area contributed by atoms with Crippen LogP contribution in [0.25, 0.3) is 0 Å². The average Bonchev–Trinajstić information content (AvgIpc) is 2.33. The minimum absolute atomic E-state index is 0.0928. The largest absolute Gasteiger partial charge is 0.378 e. The summed E-state index contributed by atoms with van der Waals surface area (Å²) in [4.78, 5) is 0. The van der Waals surface area contributed by atoms with Gasteiger partial charge in [0.05, 0.1) is 24.9 Å². The molecule has 2 heterocycles. The zero-order chi connectivity index (χ0) is 8.44. The van der Waals surface area contributed by atoms with Gasteiger partial charge in [-0.25, -0.2) is 0 Å². The average molecular weight is 171 g/mol. The van der Waals surface area contributed by atoms with Gasteiger partial charge in [0.1, 0.15) is 0 Å². The summed E-state index contributed by atoms with van der Waals surface area (Å²) in [6.45, 7) is 5.83. The number of nitrogens with one attached hydrogen (secondary N) is 1. The summed E-state index contributed by atoms with van der Waals surface area (Å²) >= 11 is 0. The van der Waals surface area contributed by atoms with E-state index in [1.807, 2.05) is 0 Å². The van der Waals surface area contributed by atoms with Crippen LogP contribution in [0.1, 0.15) is 19.8 Å². The van der Waals surface area contributed by atoms with Crippen LogP contribution in [0.4, 0.5) is 0 Å². The first kappa shape index (κ1) is 8.48. The Morgan fingerprint density at radius 2 is 2.33 bits per heavy atom. The second-order valence-corrected chi connectivity index (χ2v) is 4.02. The molecule has 1 N–H and O–H groups in total. The lowest BCUT2D eigenvalue weighted by molar-refractivity contribution is -0.0269. The molecule has 0 amide bonds. The molecule has 0 saturated carbocycles. The molecule has 2 fully saturated rings. The van der Waals surface area contributed by atoms with E-state index in [4.69, 9.17) is 9.47 Å². The number of ether oxygens (including phenoxy) is 2. The van der Waals surface area contributed by atoms with Gasteiger partial charge < -0.3 is 14.8 Å². The van der Waals surface area contributed by atoms with Gasteiger partial charge in [-0.3, -0.25) is 0 Å². The highest BCUT2D eigenvalue weighted by Gasteiger charge is 2.31. The van der Waals surface area contributed by atoms with Crippen molar-refractivity contribution in [1.82, 2.24) is 5.32 Å². The van der Waals surface area contributed by atoms with Gasteiger partial charge in [0.25, 0.3) is 0 Å². The summed E-state index contributed by atoms with van der Waals surface area (Å²) in [5.41, 5.74) is 0.0928. The Labute approximate surface area is 73.4 Å². The molecule has 0 radical (unpaired) electrons. The Bertz CT molecular complexity index is 151. The molecule has 0 bridgehead atoms. The highest BCUT2D eigenvalue weighted by atomic mass is 16.5. The Hall–Kier alpha value is -0.120. The van der Waals surface area contributed by atoms with E-state index in [1.54, 1.807) is 0 Å². The molecule has 2 rings (SSSR count). The van der Waals surface area contributed by atoms with Crippen molar-refractivity contribution < 1.29 is 9.47 Å². The van der Waals surface area contributed by atoms with Crippen molar-refractivity contribution in [3.8, 4) is 0 Å². The molecule has 1 unspecified atom stereocenters. The van der Waals surface area contributed by atoms with Gasteiger partial charge in [-0.1, -0.05) is 0 Å². The smallest absolute Gasteiger partial charge is 0.0779 e. The molecule has 2 saturated heterocycles. The van der Waals surface area contributed by atoms with Crippen molar-refractivity contribution in [3.63, 3.8) is 0 Å². The monoisotopic (exact) mass is 171 g/mol. The topological polar surface area (TPSA) is 30.5 Å². The number of rotatable bonds is 3. The molecule has 3 heteroatoms. The fourth-order valence-corrected chi connectivity index (χ4v) is 1.69. The zero-order valence-corrected chi connectivity index (χ0v) is 7.64. The van der Waals surface area contributed by atoms with Crippen LogP contribution in [-0.2, 0) is 9.47 Å². The van der Waals surface area contributed by atoms with Crippen LogP contribution in [0.3, 0.4) is 0 Å². The van der Waals surface area contributed by atoms with Crippen molar-refractivity contribution in [2.75, 3.05) is 26.4 Å². The minimum Gasteiger partial charge on any atom is -0.378 e. The SMILES string of the molecule is CC1(CNC2COC2)CCCO1. The van der Waals surface area contributed by atoms with E-state index in [0.29, 0.717) is 6.04 Å². The van der Waals surface area contributed by atoms with E-state index in [1.165, 1.54) is 12.8 Å². The predicted octanol–water partition coefficient (Wildman–Crippen LogP) is 0.544. The van der Waals surface area contributed by atoms with Crippen LogP contribution in [0.5, 0.6) is 0 Å². The third-order valence-electron chi connectivity index (χ3n) is 2.70. The standard InChI is InChI=1S/C9H17NO2/c1-9(3-2-4-12-9)7-10-8-5-11-6-8/h8,10H,2-7H2,1H3. The van der Waals surface area contributed by atoms with Crippen LogP contribution in [0.15, 0.2) is 0 Å². The molecule has 0 spiro atoms. The van der Waals surface area contributed by atoms with Crippen LogP contribution < -0.4 is 5.32 Å². The van der Waals surface area contributed by atoms with Crippen LogP contribution in [0.2, 0.25) is 0 Å². The fourth-order valence-electron chi connectivity index (χ4n) is 1.69. The normalized spacial score (nSPS) is 36.8. The van der Waals surface area contributed by atoms with Gasteiger partial charge in [0, 0.05) is 13.2 Å². The summed E-state index contributed by atoms with van der Waals surface area (Å²) < 4.78 is 10.7. The first-order valence-electron chi connectivity index (χ1n) is 4.74. The highest BCUT2D eigenvalue weighted by Crippen LogP contribution is 2.24. The Morgan fingerprint density at radius 1 is 1.50 bits per heavy atom. The van der Waals surface area contributed by atoms with Gasteiger partial charge in [0.15, 0.2) is 0 Å². The van der Waals surface area contributed by atoms with E-state index in [-0.39, 0.29) is 5.60 Å². The van der Waals surface area contributed by atoms with E-state index in [0.717, 1.165) is 26.4 Å². The third-order valence-corrected chi connectivity index (χ3v) is 2.70. The molecule has 2 aliphatic rings. The van der Waals surface area contributed by atoms with Crippen molar-refractivity contribution in [2.45, 2.75) is 31.4 Å². The van der Waals surface area contributed by atoms with Crippen LogP contribution >= 0.6 is 0 Å². The molecule has 1 atom stereocenters. The Morgan fingerprint density at radius 3 is 2.83 bits per heavy atom. The fraction of sp³-hybridized carbons (Fsp3) is 1.00. The van der Waals surface area contributed by atoms with Gasteiger partial charge in [-0.2, -0.15) is 0 Å². The molecule has 12 heavy (non-hydrogen) atoms. The molecule has 0 aromatic heterocycles. The van der Waals surface area contributed by atoms with Crippen LogP contribution in [0, 0.1) is 0 Å². The molecule has 2 aliphatic heterocycles. The highest BCUT2D eigenvalue weighted by molar-refractivity contribution is 4.85. The Balaban J connectivity index is 1.70. The maximum atomic E-state index is 5.66. The maximum Gasteiger partial charge on any atom is 0.0779 e. The van der Waals surface area contributed by atoms with Gasteiger partial charge in [-0.15, -0.1) is 0 Å². The van der Waals surface area contributed by atoms with Gasteiger partial charge in [0.2, 0.25) is 0 Å². The number of hydrogen-bond donors (Lipinski definition) is 1. The molecule has 0 aliphatic carbocycles. The first-order chi connectivity index (χ1) is 5.79. The summed E-state index contributed by atoms with van der Waals surface area (Å²) in [7, 11) is 0. The lowest BCUT2D eigenvalue weighted by atomic mass is 10.0. The molecule has 3 nitrogen and oxygen atoms in total. The second-order valence-electron chi connectivity index (χ2n) is 4.02. The third kappa shape index (κ3) is 1.79. The zero-order valence-electron chi connectivity index (χ0n) is 7.64. The molecule has 0 aromatic rings. The lowest BCUT2D eigenvalue weighted by Gasteiger charge is -2.31. The maximum absolute atomic E-state index is 5.66. The predicted molar refractivity (Wildman–Crippen MR) is 46.2 cm³/mol. The van der Waals surface area contributed by atoms with E-state index in [2.05, 4.69) is 12.2 Å². The lowest BCUT2D eigenvalue weighted by Crippen LogP contribution is -2.51.